The molecule has 4 heterocycles. The topological polar surface area (TPSA) is 201 Å². The highest BCUT2D eigenvalue weighted by molar-refractivity contribution is 5.94. The van der Waals surface area contributed by atoms with E-state index in [4.69, 9.17) is 9.72 Å². The molecule has 2 aliphatic heterocycles. The average Bonchev–Trinajstić information content (AvgIpc) is 4.10. The summed E-state index contributed by atoms with van der Waals surface area (Å²) in [5, 5.41) is 15.6. The number of nitrogens with zero attached hydrogens (tertiary/aromatic N) is 5. The van der Waals surface area contributed by atoms with Crippen molar-refractivity contribution in [1.82, 2.24) is 40.0 Å². The van der Waals surface area contributed by atoms with Gasteiger partial charge >= 0.3 is 18.2 Å². The molecule has 0 radical (unpaired) electrons. The van der Waals surface area contributed by atoms with E-state index in [1.807, 2.05) is 83.4 Å². The first-order chi connectivity index (χ1) is 29.0. The van der Waals surface area contributed by atoms with Crippen molar-refractivity contribution >= 4 is 30.0 Å². The Bertz CT molecular complexity index is 2360. The van der Waals surface area contributed by atoms with Crippen molar-refractivity contribution in [3.63, 3.8) is 0 Å². The molecule has 16 heteroatoms. The number of likely N-dealkylation sites (tertiary alicyclic amines) is 2. The van der Waals surface area contributed by atoms with Gasteiger partial charge in [-0.2, -0.15) is 0 Å². The lowest BCUT2D eigenvalue weighted by Gasteiger charge is -2.28. The van der Waals surface area contributed by atoms with E-state index in [-0.39, 0.29) is 23.6 Å². The fraction of sp³-hybridized carbons (Fsp3) is 0.341. The van der Waals surface area contributed by atoms with Crippen LogP contribution in [0.25, 0.3) is 33.6 Å². The lowest BCUT2D eigenvalue weighted by atomic mass is 10.0. The Morgan fingerprint density at radius 2 is 1.27 bits per heavy atom. The van der Waals surface area contributed by atoms with E-state index in [2.05, 4.69) is 25.3 Å². The molecule has 0 aliphatic carbocycles. The summed E-state index contributed by atoms with van der Waals surface area (Å²) in [6.45, 7) is 4.53. The van der Waals surface area contributed by atoms with E-state index >= 15 is 0 Å². The van der Waals surface area contributed by atoms with Crippen LogP contribution in [0.3, 0.4) is 0 Å². The third-order valence-electron chi connectivity index (χ3n) is 11.1. The van der Waals surface area contributed by atoms with Gasteiger partial charge in [0.05, 0.1) is 43.9 Å². The maximum absolute atomic E-state index is 13.6. The Hall–Kier alpha value is -6.97. The number of hydrogen-bond acceptors (Lipinski definition) is 9. The van der Waals surface area contributed by atoms with Crippen molar-refractivity contribution in [3.8, 4) is 33.6 Å². The second-order valence-corrected chi connectivity index (χ2v) is 15.0. The molecule has 2 saturated heterocycles. The minimum absolute atomic E-state index is 0.116. The van der Waals surface area contributed by atoms with Gasteiger partial charge in [-0.15, -0.1) is 0 Å². The molecule has 4 atom stereocenters. The van der Waals surface area contributed by atoms with Crippen LogP contribution in [0.4, 0.5) is 9.59 Å². The quantitative estimate of drug-likeness (QED) is 0.113. The van der Waals surface area contributed by atoms with Crippen molar-refractivity contribution in [2.45, 2.75) is 70.2 Å². The molecule has 0 unspecified atom stereocenters. The summed E-state index contributed by atoms with van der Waals surface area (Å²) in [7, 11) is 2.49. The number of carboxylic acids is 1. The predicted octanol–water partition coefficient (Wildman–Crippen LogP) is 6.17. The van der Waals surface area contributed by atoms with Crippen molar-refractivity contribution in [1.29, 1.82) is 0 Å². The molecule has 16 nitrogen and oxygen atoms in total. The number of carbonyl (C=O) groups is 5. The minimum atomic E-state index is -1.19. The first kappa shape index (κ1) is 41.2. The van der Waals surface area contributed by atoms with Crippen LogP contribution >= 0.6 is 0 Å². The van der Waals surface area contributed by atoms with Crippen LogP contribution in [-0.2, 0) is 25.6 Å². The lowest BCUT2D eigenvalue weighted by molar-refractivity contribution is -0.134. The van der Waals surface area contributed by atoms with E-state index in [0.717, 1.165) is 40.8 Å². The zero-order valence-electron chi connectivity index (χ0n) is 33.9. The van der Waals surface area contributed by atoms with Crippen molar-refractivity contribution < 1.29 is 38.6 Å². The van der Waals surface area contributed by atoms with Crippen LogP contribution in [0.1, 0.15) is 79.3 Å². The SMILES string of the molecule is COC(=O)N[C@@H](C)C(=O)N1CCC[C@H]1c1ncc(-c2ccc(-c3ccc(-c4c(C(=O)O)nc([C@@H]5CCCN5C(=O)[C@H](C)NC(=O)OC)n4Cc4ccccc4)cc3)cc2)[nH]1. The van der Waals surface area contributed by atoms with E-state index in [0.29, 0.717) is 55.4 Å². The number of methoxy groups -OCH3 is 2. The molecule has 3 aromatic carbocycles. The fourth-order valence-corrected chi connectivity index (χ4v) is 8.11. The number of amides is 4. The van der Waals surface area contributed by atoms with Gasteiger partial charge in [0.1, 0.15) is 23.7 Å². The summed E-state index contributed by atoms with van der Waals surface area (Å²) in [6.07, 6.45) is 3.19. The highest BCUT2D eigenvalue weighted by Crippen LogP contribution is 2.38. The number of carbonyl (C=O) groups excluding carboxylic acids is 4. The normalized spacial score (nSPS) is 17.2. The molecule has 0 spiro atoms. The summed E-state index contributed by atoms with van der Waals surface area (Å²) in [5.74, 6) is -0.569. The summed E-state index contributed by atoms with van der Waals surface area (Å²) in [4.78, 5) is 79.4. The van der Waals surface area contributed by atoms with Crippen LogP contribution in [0.15, 0.2) is 85.1 Å². The number of benzene rings is 3. The van der Waals surface area contributed by atoms with Gasteiger partial charge < -0.3 is 44.6 Å². The van der Waals surface area contributed by atoms with Gasteiger partial charge in [0.15, 0.2) is 5.69 Å². The molecule has 4 N–H and O–H groups in total. The molecular weight excluding hydrogens is 769 g/mol. The van der Waals surface area contributed by atoms with Crippen molar-refractivity contribution in [2.24, 2.45) is 0 Å². The molecule has 0 bridgehead atoms. The number of alkyl carbamates (subject to hydrolysis) is 2. The Labute approximate surface area is 346 Å². The van der Waals surface area contributed by atoms with Gasteiger partial charge in [-0.05, 0) is 61.8 Å². The molecule has 2 aliphatic rings. The van der Waals surface area contributed by atoms with E-state index in [1.54, 1.807) is 29.8 Å². The number of nitrogens with one attached hydrogen (secondary N) is 3. The largest absolute Gasteiger partial charge is 0.476 e. The third-order valence-corrected chi connectivity index (χ3v) is 11.1. The number of H-pyrrole nitrogens is 1. The molecule has 60 heavy (non-hydrogen) atoms. The lowest BCUT2D eigenvalue weighted by Crippen LogP contribution is -2.47. The molecule has 2 aromatic heterocycles. The first-order valence-electron chi connectivity index (χ1n) is 19.9. The van der Waals surface area contributed by atoms with Crippen LogP contribution in [0, 0.1) is 0 Å². The summed E-state index contributed by atoms with van der Waals surface area (Å²) < 4.78 is 11.2. The van der Waals surface area contributed by atoms with Gasteiger partial charge in [0, 0.05) is 25.2 Å². The van der Waals surface area contributed by atoms with Gasteiger partial charge in [0.25, 0.3) is 0 Å². The van der Waals surface area contributed by atoms with Gasteiger partial charge in [0.2, 0.25) is 11.8 Å². The molecule has 7 rings (SSSR count). The average molecular weight is 817 g/mol. The first-order valence-corrected chi connectivity index (χ1v) is 19.9. The fourth-order valence-electron chi connectivity index (χ4n) is 8.11. The van der Waals surface area contributed by atoms with E-state index in [9.17, 15) is 29.1 Å². The van der Waals surface area contributed by atoms with Crippen LogP contribution < -0.4 is 10.6 Å². The molecule has 312 valence electrons. The van der Waals surface area contributed by atoms with E-state index < -0.39 is 36.3 Å². The van der Waals surface area contributed by atoms with Crippen molar-refractivity contribution in [3.05, 3.63) is 108 Å². The number of ether oxygens (including phenoxy) is 2. The second kappa shape index (κ2) is 17.9. The molecule has 0 saturated carbocycles. The van der Waals surface area contributed by atoms with E-state index in [1.165, 1.54) is 14.2 Å². The number of carboxylic acid groups (broad SMARTS) is 1. The monoisotopic (exact) mass is 816 g/mol. The minimum Gasteiger partial charge on any atom is -0.476 e. The van der Waals surface area contributed by atoms with Crippen LogP contribution in [0.2, 0.25) is 0 Å². The van der Waals surface area contributed by atoms with Crippen LogP contribution in [-0.4, -0.2) is 104 Å². The number of rotatable bonds is 12. The molecule has 5 aromatic rings. The van der Waals surface area contributed by atoms with Crippen LogP contribution in [0.5, 0.6) is 0 Å². The Balaban J connectivity index is 1.14. The molecule has 4 amide bonds. The maximum atomic E-state index is 13.6. The number of hydrogen-bond donors (Lipinski definition) is 4. The van der Waals surface area contributed by atoms with Gasteiger partial charge in [-0.3, -0.25) is 9.59 Å². The van der Waals surface area contributed by atoms with Crippen molar-refractivity contribution in [2.75, 3.05) is 27.3 Å². The summed E-state index contributed by atoms with van der Waals surface area (Å²) in [5.41, 5.74) is 5.45. The van der Waals surface area contributed by atoms with Gasteiger partial charge in [-0.25, -0.2) is 24.4 Å². The smallest absolute Gasteiger partial charge is 0.407 e. The zero-order chi connectivity index (χ0) is 42.5. The molecular formula is C44H48N8O8. The third kappa shape index (κ3) is 8.58. The number of aromatic amines is 1. The molecule has 2 fully saturated rings. The second-order valence-electron chi connectivity index (χ2n) is 15.0. The highest BCUT2D eigenvalue weighted by Gasteiger charge is 2.38. The predicted molar refractivity (Wildman–Crippen MR) is 221 cm³/mol. The number of aromatic carboxylic acids is 1. The summed E-state index contributed by atoms with van der Waals surface area (Å²) in [6, 6.07) is 22.9. The summed E-state index contributed by atoms with van der Waals surface area (Å²) >= 11 is 0. The Morgan fingerprint density at radius 1 is 0.750 bits per heavy atom. The standard InChI is InChI=1S/C44H48N8O8/c1-26(46-43(57)59-3)40(53)50-22-8-12-34(50)38-45-24-33(48-38)31-18-14-29(15-19-31)30-16-20-32(21-17-30)37-36(42(55)56)49-39(52(37)25-28-10-6-5-7-11-28)35-13-9-23-51(35)41(54)27(2)47-44(58)60-4/h5-7,10-11,14-21,24,26-27,34-35H,8-9,12-13,22-23,25H2,1-4H3,(H,45,48)(H,46,57)(H,47,58)(H,55,56)/t26-,27-,34-,35-/m0/s1. The zero-order valence-corrected chi connectivity index (χ0v) is 33.9. The number of aromatic nitrogens is 4. The highest BCUT2D eigenvalue weighted by atomic mass is 16.5. The Kier molecular flexibility index (Phi) is 12.3. The maximum Gasteiger partial charge on any atom is 0.407 e. The number of imidazole rings is 2. The Morgan fingerprint density at radius 3 is 1.82 bits per heavy atom. The van der Waals surface area contributed by atoms with Gasteiger partial charge in [-0.1, -0.05) is 78.9 Å².